The number of pyridine rings is 2. The van der Waals surface area contributed by atoms with Crippen LogP contribution in [0.2, 0.25) is 10.0 Å². The summed E-state index contributed by atoms with van der Waals surface area (Å²) in [5, 5.41) is 60.6. The third-order valence-electron chi connectivity index (χ3n) is 11.5. The maximum absolute atomic E-state index is 11.8. The molecule has 2 aromatic heterocycles. The summed E-state index contributed by atoms with van der Waals surface area (Å²) in [7, 11) is 0. The monoisotopic (exact) mass is 975 g/mol. The van der Waals surface area contributed by atoms with Gasteiger partial charge in [0.1, 0.15) is 67.3 Å². The molecule has 0 aliphatic rings. The lowest BCUT2D eigenvalue weighted by molar-refractivity contribution is -0.141. The fraction of sp³-hybridized carbons (Fsp3) is 0.241. The Bertz CT molecular complexity index is 2860. The normalized spacial score (nSPS) is 11.5. The number of nitrogens with one attached hydrogen (secondary N) is 1. The van der Waals surface area contributed by atoms with Gasteiger partial charge in [0.25, 0.3) is 0 Å². The van der Waals surface area contributed by atoms with Crippen LogP contribution >= 0.6 is 23.2 Å². The summed E-state index contributed by atoms with van der Waals surface area (Å²) >= 11 is 13.6. The highest BCUT2D eigenvalue weighted by Gasteiger charge is 2.21. The first kappa shape index (κ1) is 51.3. The van der Waals surface area contributed by atoms with Crippen molar-refractivity contribution in [2.24, 2.45) is 5.92 Å². The van der Waals surface area contributed by atoms with Crippen molar-refractivity contribution in [3.63, 3.8) is 0 Å². The molecule has 0 unspecified atom stereocenters. The summed E-state index contributed by atoms with van der Waals surface area (Å²) in [5.74, 6) is -0.561. The minimum absolute atomic E-state index is 0.00227. The standard InChI is InChI=1S/C54H47Cl2N7O7/c1-33-42(31-69-52-20-50(67-29-38-16-36(22-59)24-61-26-38)41(18-47(52)55)11-10-40(12-14-57)54(65)66)6-4-8-45(33)46-9-5-7-43(34(46)2)32-70-53-21-51(68-30-39-17-37(23-60)25-62-27-39)44(19-48(53)56)28-63-49(13-15-58)35(3)64/h4-9,16-21,24-27,40,49,63-64H,3,10-13,28-32H2,1-2H3,(H,65,66)/t40-,49-/m0/s1. The van der Waals surface area contributed by atoms with E-state index in [2.05, 4.69) is 34.0 Å². The van der Waals surface area contributed by atoms with Crippen LogP contribution in [0.5, 0.6) is 23.0 Å². The molecule has 0 saturated carbocycles. The molecule has 0 radical (unpaired) electrons. The summed E-state index contributed by atoms with van der Waals surface area (Å²) in [6.07, 6.45) is 6.43. The van der Waals surface area contributed by atoms with Crippen molar-refractivity contribution in [3.05, 3.63) is 176 Å². The average Bonchev–Trinajstić information content (AvgIpc) is 3.35. The number of halogens is 2. The molecular weight excluding hydrogens is 930 g/mol. The molecule has 0 aliphatic carbocycles. The Labute approximate surface area is 416 Å². The third-order valence-corrected chi connectivity index (χ3v) is 12.1. The Balaban J connectivity index is 1.21. The van der Waals surface area contributed by atoms with Gasteiger partial charge in [-0.3, -0.25) is 14.8 Å². The lowest BCUT2D eigenvalue weighted by Crippen LogP contribution is -2.30. The Kier molecular flexibility index (Phi) is 18.2. The Morgan fingerprint density at radius 1 is 0.657 bits per heavy atom. The van der Waals surface area contributed by atoms with Gasteiger partial charge in [-0.15, -0.1) is 0 Å². The lowest BCUT2D eigenvalue weighted by Gasteiger charge is -2.20. The number of nitrogens with zero attached hydrogens (tertiary/aromatic N) is 6. The first-order chi connectivity index (χ1) is 33.8. The SMILES string of the molecule is C=C(O)[C@H](CC#N)NCc1cc(Cl)c(OCc2cccc(-c3cccc(COc4cc(OCc5cncc(C#N)c5)c(CC[C@@H](CC#N)C(=O)O)cc4Cl)c3C)c2C)cc1OCc1cncc(C#N)c1. The van der Waals surface area contributed by atoms with Crippen LogP contribution in [0.4, 0.5) is 0 Å². The first-order valence-electron chi connectivity index (χ1n) is 21.9. The number of rotatable bonds is 23. The summed E-state index contributed by atoms with van der Waals surface area (Å²) < 4.78 is 25.2. The van der Waals surface area contributed by atoms with Crippen LogP contribution in [0.15, 0.2) is 110 Å². The molecule has 16 heteroatoms. The second-order valence-corrected chi connectivity index (χ2v) is 17.0. The minimum atomic E-state index is -1.06. The van der Waals surface area contributed by atoms with Crippen molar-refractivity contribution in [2.75, 3.05) is 0 Å². The van der Waals surface area contributed by atoms with Crippen LogP contribution < -0.4 is 24.3 Å². The van der Waals surface area contributed by atoms with E-state index in [0.717, 1.165) is 33.4 Å². The van der Waals surface area contributed by atoms with E-state index in [9.17, 15) is 36.1 Å². The van der Waals surface area contributed by atoms with Crippen LogP contribution in [0.3, 0.4) is 0 Å². The van der Waals surface area contributed by atoms with Crippen LogP contribution in [-0.2, 0) is 44.2 Å². The number of carbonyl (C=O) groups is 1. The summed E-state index contributed by atoms with van der Waals surface area (Å²) in [6.45, 7) is 8.27. The number of aryl methyl sites for hydroxylation is 1. The number of aliphatic carboxylic acids is 1. The molecule has 0 amide bonds. The van der Waals surface area contributed by atoms with E-state index in [0.29, 0.717) is 66.4 Å². The fourth-order valence-corrected chi connectivity index (χ4v) is 7.99. The molecular formula is C54H47Cl2N7O7. The Morgan fingerprint density at radius 2 is 1.14 bits per heavy atom. The van der Waals surface area contributed by atoms with Crippen molar-refractivity contribution < 1.29 is 34.0 Å². The van der Waals surface area contributed by atoms with E-state index in [-0.39, 0.29) is 64.4 Å². The fourth-order valence-electron chi connectivity index (χ4n) is 7.51. The van der Waals surface area contributed by atoms with Crippen LogP contribution in [0.1, 0.15) is 74.9 Å². The second kappa shape index (κ2) is 24.8. The van der Waals surface area contributed by atoms with Gasteiger partial charge in [-0.2, -0.15) is 21.0 Å². The van der Waals surface area contributed by atoms with Crippen molar-refractivity contribution in [1.29, 1.82) is 21.0 Å². The molecule has 0 bridgehead atoms. The second-order valence-electron chi connectivity index (χ2n) is 16.2. The van der Waals surface area contributed by atoms with Gasteiger partial charge >= 0.3 is 5.97 Å². The zero-order valence-corrected chi connectivity index (χ0v) is 39.9. The molecule has 2 heterocycles. The van der Waals surface area contributed by atoms with Crippen LogP contribution in [0, 0.1) is 65.1 Å². The number of carboxylic acids is 1. The molecule has 0 saturated heterocycles. The predicted molar refractivity (Wildman–Crippen MR) is 262 cm³/mol. The maximum Gasteiger partial charge on any atom is 0.307 e. The Morgan fingerprint density at radius 3 is 1.61 bits per heavy atom. The van der Waals surface area contributed by atoms with Gasteiger partial charge in [0.05, 0.1) is 51.7 Å². The van der Waals surface area contributed by atoms with E-state index in [1.165, 1.54) is 12.4 Å². The molecule has 4 aromatic carbocycles. The van der Waals surface area contributed by atoms with Crippen molar-refractivity contribution in [2.45, 2.75) is 78.5 Å². The third kappa shape index (κ3) is 13.5. The van der Waals surface area contributed by atoms with Gasteiger partial charge in [-0.1, -0.05) is 66.2 Å². The van der Waals surface area contributed by atoms with Crippen LogP contribution in [-0.4, -0.2) is 32.2 Å². The zero-order valence-electron chi connectivity index (χ0n) is 38.3. The van der Waals surface area contributed by atoms with Crippen molar-refractivity contribution in [1.82, 2.24) is 15.3 Å². The number of aromatic nitrogens is 2. The molecule has 6 rings (SSSR count). The van der Waals surface area contributed by atoms with E-state index in [1.54, 1.807) is 48.8 Å². The molecule has 0 aliphatic heterocycles. The molecule has 0 spiro atoms. The number of hydrogen-bond acceptors (Lipinski definition) is 13. The lowest BCUT2D eigenvalue weighted by atomic mass is 9.92. The highest BCUT2D eigenvalue weighted by Crippen LogP contribution is 2.38. The number of aliphatic hydroxyl groups excluding tert-OH is 1. The van der Waals surface area contributed by atoms with E-state index in [4.69, 9.17) is 42.1 Å². The average molecular weight is 977 g/mol. The highest BCUT2D eigenvalue weighted by atomic mass is 35.5. The van der Waals surface area contributed by atoms with E-state index >= 15 is 0 Å². The number of aliphatic hydroxyl groups is 1. The number of hydrogen-bond donors (Lipinski definition) is 3. The van der Waals surface area contributed by atoms with Gasteiger partial charge in [0.15, 0.2) is 0 Å². The quantitative estimate of drug-likeness (QED) is 0.0508. The summed E-state index contributed by atoms with van der Waals surface area (Å²) in [6, 6.07) is 29.5. The van der Waals surface area contributed by atoms with Gasteiger partial charge in [0, 0.05) is 66.6 Å². The zero-order chi connectivity index (χ0) is 50.2. The summed E-state index contributed by atoms with van der Waals surface area (Å²) in [4.78, 5) is 20.1. The van der Waals surface area contributed by atoms with Gasteiger partial charge < -0.3 is 34.5 Å². The number of carboxylic acid groups (broad SMARTS) is 1. The highest BCUT2D eigenvalue weighted by molar-refractivity contribution is 6.32. The Hall–Kier alpha value is -8.11. The molecule has 3 N–H and O–H groups in total. The summed E-state index contributed by atoms with van der Waals surface area (Å²) in [5.41, 5.74) is 9.07. The number of nitriles is 4. The van der Waals surface area contributed by atoms with Gasteiger partial charge in [-0.05, 0) is 89.9 Å². The molecule has 6 aromatic rings. The smallest absolute Gasteiger partial charge is 0.307 e. The minimum Gasteiger partial charge on any atom is -0.511 e. The van der Waals surface area contributed by atoms with Crippen LogP contribution in [0.25, 0.3) is 11.1 Å². The van der Waals surface area contributed by atoms with Crippen molar-refractivity contribution >= 4 is 29.2 Å². The first-order valence-corrected chi connectivity index (χ1v) is 22.7. The molecule has 70 heavy (non-hydrogen) atoms. The van der Waals surface area contributed by atoms with E-state index in [1.807, 2.05) is 62.4 Å². The maximum atomic E-state index is 11.8. The molecule has 0 fully saturated rings. The topological polar surface area (TPSA) is 227 Å². The number of benzene rings is 4. The number of ether oxygens (including phenoxy) is 4. The van der Waals surface area contributed by atoms with E-state index < -0.39 is 17.9 Å². The molecule has 14 nitrogen and oxygen atoms in total. The van der Waals surface area contributed by atoms with Gasteiger partial charge in [-0.25, -0.2) is 0 Å². The van der Waals surface area contributed by atoms with Gasteiger partial charge in [0.2, 0.25) is 0 Å². The van der Waals surface area contributed by atoms with Crippen molar-refractivity contribution in [3.8, 4) is 58.4 Å². The predicted octanol–water partition coefficient (Wildman–Crippen LogP) is 11.1. The molecule has 354 valence electrons. The largest absolute Gasteiger partial charge is 0.511 e. The molecule has 2 atom stereocenters.